The van der Waals surface area contributed by atoms with Crippen LogP contribution in [0.3, 0.4) is 0 Å². The van der Waals surface area contributed by atoms with Crippen molar-refractivity contribution in [2.24, 2.45) is 0 Å². The summed E-state index contributed by atoms with van der Waals surface area (Å²) in [6.07, 6.45) is 0.256. The summed E-state index contributed by atoms with van der Waals surface area (Å²) in [7, 11) is 0. The van der Waals surface area contributed by atoms with E-state index in [0.717, 1.165) is 16.7 Å². The first-order valence-corrected chi connectivity index (χ1v) is 6.30. The topological polar surface area (TPSA) is 43.4 Å². The molecule has 0 aromatic heterocycles. The number of fused-ring (bicyclic) bond motifs is 1. The van der Waals surface area contributed by atoms with Crippen LogP contribution in [0.4, 0.5) is 0 Å². The van der Waals surface area contributed by atoms with Crippen LogP contribution >= 0.6 is 0 Å². The smallest absolute Gasteiger partial charge is 0.339 e. The Bertz CT molecular complexity index is 587. The molecule has 0 amide bonds. The van der Waals surface area contributed by atoms with Crippen LogP contribution in [0.25, 0.3) is 11.1 Å². The number of ether oxygens (including phenoxy) is 1. The second kappa shape index (κ2) is 5.65. The van der Waals surface area contributed by atoms with Gasteiger partial charge in [-0.15, -0.1) is 0 Å². The van der Waals surface area contributed by atoms with Gasteiger partial charge in [0, 0.05) is 6.42 Å². The summed E-state index contributed by atoms with van der Waals surface area (Å²) in [5, 5.41) is 0. The molecule has 0 fully saturated rings. The van der Waals surface area contributed by atoms with E-state index in [-0.39, 0.29) is 18.2 Å². The molecule has 0 atom stereocenters. The number of carbonyl (C=O) groups excluding carboxylic acids is 2. The maximum atomic E-state index is 12.1. The molecule has 0 aromatic rings. The zero-order valence-corrected chi connectivity index (χ0v) is 11.1. The van der Waals surface area contributed by atoms with Crippen molar-refractivity contribution >= 4 is 11.8 Å². The Morgan fingerprint density at radius 3 is 2.58 bits per heavy atom. The third-order valence-corrected chi connectivity index (χ3v) is 2.91. The predicted octanol–water partition coefficient (Wildman–Crippen LogP) is 3.10. The molecule has 19 heavy (non-hydrogen) atoms. The highest BCUT2D eigenvalue weighted by Crippen LogP contribution is 2.32. The normalized spacial score (nSPS) is 10.4. The van der Waals surface area contributed by atoms with E-state index < -0.39 is 0 Å². The minimum absolute atomic E-state index is 0.0326. The van der Waals surface area contributed by atoms with Gasteiger partial charge in [0.15, 0.2) is 0 Å². The van der Waals surface area contributed by atoms with Gasteiger partial charge in [-0.3, -0.25) is 4.79 Å². The summed E-state index contributed by atoms with van der Waals surface area (Å²) in [5.74, 6) is -0.329. The van der Waals surface area contributed by atoms with Crippen LogP contribution in [0.1, 0.15) is 29.8 Å². The first-order valence-electron chi connectivity index (χ1n) is 6.30. The van der Waals surface area contributed by atoms with Crippen LogP contribution in [0.2, 0.25) is 0 Å². The van der Waals surface area contributed by atoms with E-state index in [9.17, 15) is 9.59 Å². The number of hydrogen-bond acceptors (Lipinski definition) is 3. The molecule has 0 saturated heterocycles. The van der Waals surface area contributed by atoms with E-state index in [1.807, 2.05) is 36.4 Å². The molecule has 0 bridgehead atoms. The molecule has 0 aliphatic heterocycles. The summed E-state index contributed by atoms with van der Waals surface area (Å²) in [6.45, 7) is 3.62. The SMILES string of the molecule is CCOC(=O)c1c(CC(C)=O)cc2cccccc1-2. The van der Waals surface area contributed by atoms with Crippen molar-refractivity contribution in [3.05, 3.63) is 47.5 Å². The largest absolute Gasteiger partial charge is 0.462 e. The average molecular weight is 256 g/mol. The fraction of sp³-hybridized carbons (Fsp3) is 0.250. The molecule has 3 heteroatoms. The highest BCUT2D eigenvalue weighted by molar-refractivity contribution is 6.02. The molecule has 2 rings (SSSR count). The molecule has 0 spiro atoms. The van der Waals surface area contributed by atoms with E-state index in [1.165, 1.54) is 6.92 Å². The van der Waals surface area contributed by atoms with Gasteiger partial charge in [-0.1, -0.05) is 30.3 Å². The molecule has 2 aliphatic rings. The molecular formula is C16H16O3. The zero-order valence-electron chi connectivity index (χ0n) is 11.1. The number of ketones is 1. The standard InChI is InChI=1S/C16H16O3/c1-3-19-16(18)15-13(9-11(2)17)10-12-7-5-4-6-8-14(12)15/h4-8,10H,3,9H2,1-2H3. The fourth-order valence-electron chi connectivity index (χ4n) is 2.20. The van der Waals surface area contributed by atoms with E-state index in [2.05, 4.69) is 0 Å². The van der Waals surface area contributed by atoms with Gasteiger partial charge in [0.25, 0.3) is 0 Å². The molecule has 3 nitrogen and oxygen atoms in total. The summed E-state index contributed by atoms with van der Waals surface area (Å²) in [6, 6.07) is 11.4. The van der Waals surface area contributed by atoms with Crippen LogP contribution < -0.4 is 0 Å². The lowest BCUT2D eigenvalue weighted by Crippen LogP contribution is -2.08. The lowest BCUT2D eigenvalue weighted by atomic mass is 10.1. The van der Waals surface area contributed by atoms with E-state index in [0.29, 0.717) is 12.2 Å². The molecule has 0 aromatic carbocycles. The number of esters is 1. The van der Waals surface area contributed by atoms with Gasteiger partial charge in [0.1, 0.15) is 5.78 Å². The Morgan fingerprint density at radius 1 is 1.16 bits per heavy atom. The van der Waals surface area contributed by atoms with Gasteiger partial charge < -0.3 is 4.74 Å². The number of carbonyl (C=O) groups is 2. The number of rotatable bonds is 4. The maximum absolute atomic E-state index is 12.1. The van der Waals surface area contributed by atoms with Gasteiger partial charge in [0.2, 0.25) is 0 Å². The van der Waals surface area contributed by atoms with E-state index in [4.69, 9.17) is 4.74 Å². The van der Waals surface area contributed by atoms with Gasteiger partial charge >= 0.3 is 5.97 Å². The lowest BCUT2D eigenvalue weighted by molar-refractivity contribution is -0.116. The van der Waals surface area contributed by atoms with Crippen molar-refractivity contribution in [2.75, 3.05) is 6.61 Å². The van der Waals surface area contributed by atoms with Gasteiger partial charge in [-0.05, 0) is 36.6 Å². The molecule has 2 aliphatic carbocycles. The fourth-order valence-corrected chi connectivity index (χ4v) is 2.20. The zero-order chi connectivity index (χ0) is 13.8. The van der Waals surface area contributed by atoms with Crippen LogP contribution in [0.15, 0.2) is 36.4 Å². The highest BCUT2D eigenvalue weighted by Gasteiger charge is 2.22. The molecule has 0 unspecified atom stereocenters. The Labute approximate surface area is 112 Å². The van der Waals surface area contributed by atoms with Crippen LogP contribution in [-0.4, -0.2) is 18.4 Å². The van der Waals surface area contributed by atoms with Crippen LogP contribution in [0, 0.1) is 0 Å². The Hall–Kier alpha value is -2.16. The first-order chi connectivity index (χ1) is 9.13. The second-order valence-electron chi connectivity index (χ2n) is 4.42. The Balaban J connectivity index is 2.58. The molecule has 0 saturated carbocycles. The van der Waals surface area contributed by atoms with Crippen LogP contribution in [-0.2, 0) is 16.0 Å². The van der Waals surface area contributed by atoms with E-state index >= 15 is 0 Å². The average Bonchev–Trinajstić information content (AvgIpc) is 2.52. The quantitative estimate of drug-likeness (QED) is 0.789. The van der Waals surface area contributed by atoms with Crippen LogP contribution in [0.5, 0.6) is 0 Å². The highest BCUT2D eigenvalue weighted by atomic mass is 16.5. The molecule has 0 radical (unpaired) electrons. The van der Waals surface area contributed by atoms with Gasteiger partial charge in [-0.25, -0.2) is 4.79 Å². The Morgan fingerprint density at radius 2 is 1.89 bits per heavy atom. The van der Waals surface area contributed by atoms with E-state index in [1.54, 1.807) is 6.92 Å². The van der Waals surface area contributed by atoms with Crippen molar-refractivity contribution in [2.45, 2.75) is 20.3 Å². The second-order valence-corrected chi connectivity index (χ2v) is 4.42. The monoisotopic (exact) mass is 256 g/mol. The molecule has 98 valence electrons. The number of hydrogen-bond donors (Lipinski definition) is 0. The van der Waals surface area contributed by atoms with Crippen molar-refractivity contribution in [1.29, 1.82) is 0 Å². The minimum atomic E-state index is -0.361. The van der Waals surface area contributed by atoms with Gasteiger partial charge in [-0.2, -0.15) is 0 Å². The van der Waals surface area contributed by atoms with Crippen molar-refractivity contribution in [3.8, 4) is 11.1 Å². The van der Waals surface area contributed by atoms with Crippen molar-refractivity contribution in [1.82, 2.24) is 0 Å². The summed E-state index contributed by atoms with van der Waals surface area (Å²) >= 11 is 0. The third-order valence-electron chi connectivity index (χ3n) is 2.91. The summed E-state index contributed by atoms with van der Waals surface area (Å²) in [4.78, 5) is 23.4. The van der Waals surface area contributed by atoms with Gasteiger partial charge in [0.05, 0.1) is 12.2 Å². The van der Waals surface area contributed by atoms with Crippen molar-refractivity contribution in [3.63, 3.8) is 0 Å². The number of Topliss-reactive ketones (excluding diaryl/α,β-unsaturated/α-hetero) is 1. The maximum Gasteiger partial charge on any atom is 0.339 e. The molecule has 0 heterocycles. The third kappa shape index (κ3) is 2.81. The summed E-state index contributed by atoms with van der Waals surface area (Å²) in [5.41, 5.74) is 3.04. The first kappa shape index (κ1) is 13.3. The predicted molar refractivity (Wildman–Crippen MR) is 73.4 cm³/mol. The van der Waals surface area contributed by atoms with Crippen molar-refractivity contribution < 1.29 is 14.3 Å². The summed E-state index contributed by atoms with van der Waals surface area (Å²) < 4.78 is 5.10. The molecular weight excluding hydrogens is 240 g/mol. The minimum Gasteiger partial charge on any atom is -0.462 e. The lowest BCUT2D eigenvalue weighted by Gasteiger charge is -2.04. The molecule has 0 N–H and O–H groups in total. The Kier molecular flexibility index (Phi) is 3.95.